The number of primary amides is 1. The first kappa shape index (κ1) is 40.8. The molecule has 3 rings (SSSR count). The predicted octanol–water partition coefficient (Wildman–Crippen LogP) is 4.37. The number of fused-ring (bicyclic) bond motifs is 3. The second-order valence-corrected chi connectivity index (χ2v) is 13.2. The minimum absolute atomic E-state index is 0.0271. The number of rotatable bonds is 12. The molecule has 0 aliphatic carbocycles. The van der Waals surface area contributed by atoms with Crippen molar-refractivity contribution in [3.8, 4) is 0 Å². The number of hydrogen-bond acceptors (Lipinski definition) is 6. The van der Waals surface area contributed by atoms with Gasteiger partial charge in [0.2, 0.25) is 17.6 Å². The average Bonchev–Trinajstić information content (AvgIpc) is 3.60. The van der Waals surface area contributed by atoms with Crippen molar-refractivity contribution in [2.75, 3.05) is 13.1 Å². The smallest absolute Gasteiger partial charge is 0.303 e. The molecule has 0 atom stereocenters. The molecule has 1 aromatic heterocycles. The summed E-state index contributed by atoms with van der Waals surface area (Å²) in [5.74, 6) is -3.63. The third-order valence-corrected chi connectivity index (χ3v) is 9.22. The van der Waals surface area contributed by atoms with Gasteiger partial charge in [0, 0.05) is 36.5 Å². The molecule has 0 unspecified atom stereocenters. The van der Waals surface area contributed by atoms with Crippen molar-refractivity contribution in [1.29, 1.82) is 0 Å². The molecule has 52 heavy (non-hydrogen) atoms. The fraction of sp³-hybridized carbons (Fsp3) is 0.366. The van der Waals surface area contributed by atoms with Crippen molar-refractivity contribution in [2.24, 2.45) is 10.7 Å². The summed E-state index contributed by atoms with van der Waals surface area (Å²) in [6.07, 6.45) is 12.9. The molecule has 11 nitrogen and oxygen atoms in total. The average molecular weight is 710 g/mol. The zero-order valence-electron chi connectivity index (χ0n) is 31.5. The van der Waals surface area contributed by atoms with Crippen LogP contribution in [0, 0.1) is 6.92 Å². The lowest BCUT2D eigenvalue weighted by Gasteiger charge is -2.17. The van der Waals surface area contributed by atoms with E-state index in [1.807, 2.05) is 72.8 Å². The second kappa shape index (κ2) is 18.6. The first-order valence-electron chi connectivity index (χ1n) is 17.4. The van der Waals surface area contributed by atoms with E-state index in [2.05, 4.69) is 40.8 Å². The maximum atomic E-state index is 13.0. The number of H-pyrrole nitrogens is 1. The molecular formula is C41H51N5O6. The van der Waals surface area contributed by atoms with Crippen LogP contribution in [0.4, 0.5) is 0 Å². The number of aromatic amines is 1. The summed E-state index contributed by atoms with van der Waals surface area (Å²) < 4.78 is 0. The summed E-state index contributed by atoms with van der Waals surface area (Å²) in [6.45, 7) is 15.6. The zero-order chi connectivity index (χ0) is 38.7. The Morgan fingerprint density at radius 1 is 0.808 bits per heavy atom. The molecule has 0 radical (unpaired) electrons. The summed E-state index contributed by atoms with van der Waals surface area (Å²) in [5.41, 5.74) is 16.4. The zero-order valence-corrected chi connectivity index (χ0v) is 31.5. The molecule has 4 bridgehead atoms. The summed E-state index contributed by atoms with van der Waals surface area (Å²) in [7, 11) is 0. The van der Waals surface area contributed by atoms with Crippen molar-refractivity contribution in [3.05, 3.63) is 102 Å². The Labute approximate surface area is 305 Å². The SMILES string of the molecule is C/C=C1\C=c2/[nH]/c(cc2C)=C\C2=NC(=C\C(C)=C(C)\C(CCC(=O)NCCC(=O)C(=O)NCC(N)=O)=C(C)\C=C(C)\C(CCC(=O)O)=C\1C)/C=C2C. The lowest BCUT2D eigenvalue weighted by molar-refractivity contribution is -0.138. The number of carboxylic acid groups (broad SMARTS) is 1. The number of ketones is 1. The number of aliphatic carboxylic acids is 1. The van der Waals surface area contributed by atoms with Crippen LogP contribution in [0.5, 0.6) is 0 Å². The van der Waals surface area contributed by atoms with E-state index in [0.717, 1.165) is 77.8 Å². The van der Waals surface area contributed by atoms with Crippen LogP contribution in [0.3, 0.4) is 0 Å². The molecule has 3 heterocycles. The number of amides is 3. The van der Waals surface area contributed by atoms with Gasteiger partial charge < -0.3 is 26.5 Å². The first-order chi connectivity index (χ1) is 24.5. The summed E-state index contributed by atoms with van der Waals surface area (Å²) >= 11 is 0. The maximum absolute atomic E-state index is 13.0. The largest absolute Gasteiger partial charge is 0.481 e. The Bertz CT molecular complexity index is 2040. The van der Waals surface area contributed by atoms with Gasteiger partial charge in [-0.05, 0) is 154 Å². The molecule has 276 valence electrons. The van der Waals surface area contributed by atoms with Gasteiger partial charge in [-0.1, -0.05) is 12.2 Å². The molecule has 0 saturated carbocycles. The molecular weight excluding hydrogens is 658 g/mol. The molecule has 3 amide bonds. The first-order valence-corrected chi connectivity index (χ1v) is 17.4. The maximum Gasteiger partial charge on any atom is 0.303 e. The van der Waals surface area contributed by atoms with Gasteiger partial charge in [0.05, 0.1) is 18.0 Å². The van der Waals surface area contributed by atoms with Gasteiger partial charge in [0.15, 0.2) is 0 Å². The van der Waals surface area contributed by atoms with Crippen LogP contribution in [0.1, 0.15) is 86.1 Å². The van der Waals surface area contributed by atoms with Crippen molar-refractivity contribution < 1.29 is 29.1 Å². The highest BCUT2D eigenvalue weighted by Crippen LogP contribution is 2.31. The monoisotopic (exact) mass is 709 g/mol. The Morgan fingerprint density at radius 2 is 1.50 bits per heavy atom. The topological polar surface area (TPSA) is 184 Å². The summed E-state index contributed by atoms with van der Waals surface area (Å²) in [4.78, 5) is 68.0. The van der Waals surface area contributed by atoms with E-state index in [0.29, 0.717) is 12.8 Å². The standard InChI is InChI=1S/C41H51N5O6/c1-9-30-20-35-26(5)19-32(46-35)21-36-27(6)18-31(45-36)17-23(2)28(7)33(24(3)16-25(4)34(29(30)8)11-13-40(50)51)10-12-39(49)43-15-14-37(47)41(52)44-22-38(42)48/h9,16-21,46H,10-15,22H2,1-8H3,(H2,42,48)(H,43,49)(H,44,52)(H,50,51)/b25-16+,28-23+,30-9+,31-17-,32-21-,33-24+,34-29+,35-20-. The van der Waals surface area contributed by atoms with E-state index < -0.39 is 30.1 Å². The predicted molar refractivity (Wildman–Crippen MR) is 205 cm³/mol. The second-order valence-electron chi connectivity index (χ2n) is 13.2. The molecule has 11 heteroatoms. The number of hydrogen-bond donors (Lipinski definition) is 5. The van der Waals surface area contributed by atoms with Crippen LogP contribution < -0.4 is 27.1 Å². The van der Waals surface area contributed by atoms with Crippen molar-refractivity contribution >= 4 is 47.3 Å². The third kappa shape index (κ3) is 11.5. The number of carbonyl (C=O) groups excluding carboxylic acids is 4. The van der Waals surface area contributed by atoms with Crippen LogP contribution >= 0.6 is 0 Å². The number of carboxylic acids is 1. The minimum atomic E-state index is -0.931. The van der Waals surface area contributed by atoms with E-state index in [9.17, 15) is 29.1 Å². The number of carbonyl (C=O) groups is 5. The quantitative estimate of drug-likeness (QED) is 0.201. The number of allylic oxidation sites excluding steroid dienone is 13. The van der Waals surface area contributed by atoms with Crippen molar-refractivity contribution in [1.82, 2.24) is 15.6 Å². The summed E-state index contributed by atoms with van der Waals surface area (Å²) in [6, 6.07) is 2.09. The third-order valence-electron chi connectivity index (χ3n) is 9.22. The van der Waals surface area contributed by atoms with Gasteiger partial charge in [0.25, 0.3) is 5.91 Å². The number of aryl methyl sites for hydroxylation is 1. The Kier molecular flexibility index (Phi) is 14.6. The lowest BCUT2D eigenvalue weighted by Crippen LogP contribution is -2.38. The molecule has 0 saturated heterocycles. The van der Waals surface area contributed by atoms with Crippen LogP contribution in [-0.2, 0) is 24.0 Å². The molecule has 2 aliphatic heterocycles. The van der Waals surface area contributed by atoms with Crippen LogP contribution in [0.15, 0.2) is 91.2 Å². The van der Waals surface area contributed by atoms with E-state index >= 15 is 0 Å². The van der Waals surface area contributed by atoms with E-state index in [-0.39, 0.29) is 31.7 Å². The normalized spacial score (nSPS) is 23.7. The molecule has 2 aliphatic rings. The number of nitrogens with two attached hydrogens (primary N) is 1. The van der Waals surface area contributed by atoms with Gasteiger partial charge in [0.1, 0.15) is 0 Å². The molecule has 0 aromatic carbocycles. The Morgan fingerprint density at radius 3 is 2.15 bits per heavy atom. The van der Waals surface area contributed by atoms with Gasteiger partial charge in [-0.3, -0.25) is 24.0 Å². The number of Topliss-reactive ketones (excluding diaryl/α,β-unsaturated/α-hetero) is 1. The molecule has 1 aromatic rings. The highest BCUT2D eigenvalue weighted by molar-refractivity contribution is 6.36. The Balaban J connectivity index is 2.10. The summed E-state index contributed by atoms with van der Waals surface area (Å²) in [5, 5.41) is 16.4. The van der Waals surface area contributed by atoms with Gasteiger partial charge >= 0.3 is 5.97 Å². The number of nitrogens with zero attached hydrogens (tertiary/aromatic N) is 1. The van der Waals surface area contributed by atoms with Crippen LogP contribution in [-0.4, -0.2) is 58.4 Å². The van der Waals surface area contributed by atoms with E-state index in [4.69, 9.17) is 10.7 Å². The van der Waals surface area contributed by atoms with Gasteiger partial charge in [-0.2, -0.15) is 0 Å². The van der Waals surface area contributed by atoms with E-state index in [1.165, 1.54) is 0 Å². The fourth-order valence-electron chi connectivity index (χ4n) is 6.17. The van der Waals surface area contributed by atoms with Gasteiger partial charge in [-0.25, -0.2) is 4.99 Å². The Hall–Kier alpha value is -5.58. The van der Waals surface area contributed by atoms with Crippen LogP contribution in [0.2, 0.25) is 0 Å². The minimum Gasteiger partial charge on any atom is -0.481 e. The lowest BCUT2D eigenvalue weighted by atomic mass is 9.89. The van der Waals surface area contributed by atoms with E-state index in [1.54, 1.807) is 0 Å². The highest BCUT2D eigenvalue weighted by Gasteiger charge is 2.17. The number of aromatic nitrogens is 1. The fourth-order valence-corrected chi connectivity index (χ4v) is 6.17. The molecule has 0 spiro atoms. The number of aliphatic imine (C=N–C) groups is 1. The molecule has 6 N–H and O–H groups in total. The van der Waals surface area contributed by atoms with Crippen molar-refractivity contribution in [2.45, 2.75) is 87.5 Å². The molecule has 0 fully saturated rings. The highest BCUT2D eigenvalue weighted by atomic mass is 16.4. The van der Waals surface area contributed by atoms with Crippen molar-refractivity contribution in [3.63, 3.8) is 0 Å². The van der Waals surface area contributed by atoms with Crippen LogP contribution in [0.25, 0.3) is 12.2 Å². The number of nitrogens with one attached hydrogen (secondary N) is 3. The van der Waals surface area contributed by atoms with Gasteiger partial charge in [-0.15, -0.1) is 0 Å².